The van der Waals surface area contributed by atoms with Gasteiger partial charge in [-0.2, -0.15) is 5.10 Å². The summed E-state index contributed by atoms with van der Waals surface area (Å²) < 4.78 is 26.6. The van der Waals surface area contributed by atoms with Gasteiger partial charge in [0.05, 0.1) is 17.9 Å². The van der Waals surface area contributed by atoms with E-state index in [9.17, 15) is 4.39 Å². The summed E-state index contributed by atoms with van der Waals surface area (Å²) in [5, 5.41) is 6.95. The van der Waals surface area contributed by atoms with Gasteiger partial charge in [-0.05, 0) is 74.0 Å². The van der Waals surface area contributed by atoms with E-state index in [1.807, 2.05) is 55.3 Å². The molecular weight excluding hydrogens is 459 g/mol. The van der Waals surface area contributed by atoms with Crippen LogP contribution < -0.4 is 9.47 Å². The van der Waals surface area contributed by atoms with E-state index in [4.69, 9.17) is 14.6 Å². The van der Waals surface area contributed by atoms with E-state index in [1.54, 1.807) is 12.1 Å². The first-order valence-corrected chi connectivity index (χ1v) is 11.1. The third-order valence-electron chi connectivity index (χ3n) is 5.47. The maximum absolute atomic E-state index is 13.5. The molecule has 3 aromatic rings. The van der Waals surface area contributed by atoms with Crippen LogP contribution in [0.3, 0.4) is 0 Å². The lowest BCUT2D eigenvalue weighted by atomic mass is 9.96. The van der Waals surface area contributed by atoms with Crippen LogP contribution in [0.4, 0.5) is 4.39 Å². The molecule has 2 atom stereocenters. The number of rotatable bonds is 4. The van der Waals surface area contributed by atoms with E-state index in [1.165, 1.54) is 12.1 Å². The zero-order valence-corrected chi connectivity index (χ0v) is 18.8. The molecule has 0 aromatic heterocycles. The van der Waals surface area contributed by atoms with E-state index in [-0.39, 0.29) is 18.0 Å². The second-order valence-electron chi connectivity index (χ2n) is 8.04. The van der Waals surface area contributed by atoms with Gasteiger partial charge in [-0.25, -0.2) is 9.40 Å². The predicted molar refractivity (Wildman–Crippen MR) is 122 cm³/mol. The minimum absolute atomic E-state index is 0.0397. The van der Waals surface area contributed by atoms with Crippen LogP contribution in [0, 0.1) is 5.82 Å². The van der Waals surface area contributed by atoms with Gasteiger partial charge in [0.1, 0.15) is 17.3 Å². The van der Waals surface area contributed by atoms with Gasteiger partial charge in [0.15, 0.2) is 0 Å². The molecule has 4 nitrogen and oxygen atoms in total. The minimum Gasteiger partial charge on any atom is -0.491 e. The zero-order chi connectivity index (χ0) is 21.5. The Bertz CT molecular complexity index is 1130. The fourth-order valence-corrected chi connectivity index (χ4v) is 4.46. The Morgan fingerprint density at radius 3 is 2.52 bits per heavy atom. The maximum atomic E-state index is 13.5. The number of halogens is 2. The summed E-state index contributed by atoms with van der Waals surface area (Å²) in [7, 11) is 0. The molecule has 0 aliphatic carbocycles. The van der Waals surface area contributed by atoms with Gasteiger partial charge >= 0.3 is 0 Å². The number of nitrogens with zero attached hydrogens (tertiary/aromatic N) is 2. The molecule has 158 valence electrons. The average Bonchev–Trinajstić information content (AvgIpc) is 3.20. The molecule has 0 fully saturated rings. The SMILES string of the molecule is CC(C)Oc1ccc(C2=NN3[C@H](C2)c2cc(Br)ccc2O[C@@H]3c2ccc(F)cc2)cc1. The standard InChI is InChI=1S/C25H22BrFN2O2/c1-15(2)30-20-10-5-16(6-11-20)22-14-23-21-13-18(26)7-12-24(21)31-25(29(23)28-22)17-3-8-19(27)9-4-17/h3-13,15,23,25H,14H2,1-2H3/t23-,25-/m1/s1. The van der Waals surface area contributed by atoms with Gasteiger partial charge in [0.25, 0.3) is 0 Å². The summed E-state index contributed by atoms with van der Waals surface area (Å²) in [6.07, 6.45) is 0.474. The Kier molecular flexibility index (Phi) is 5.18. The molecule has 2 heterocycles. The van der Waals surface area contributed by atoms with Crippen molar-refractivity contribution in [3.05, 3.63) is 93.7 Å². The minimum atomic E-state index is -0.416. The Hall–Kier alpha value is -2.86. The first-order valence-electron chi connectivity index (χ1n) is 10.3. The lowest BCUT2D eigenvalue weighted by Gasteiger charge is -2.38. The highest BCUT2D eigenvalue weighted by Crippen LogP contribution is 2.48. The van der Waals surface area contributed by atoms with E-state index in [0.29, 0.717) is 0 Å². The summed E-state index contributed by atoms with van der Waals surface area (Å²) in [6, 6.07) is 20.6. The van der Waals surface area contributed by atoms with Crippen LogP contribution in [-0.2, 0) is 0 Å². The fraction of sp³-hybridized carbons (Fsp3) is 0.240. The number of fused-ring (bicyclic) bond motifs is 3. The Morgan fingerprint density at radius 2 is 1.81 bits per heavy atom. The van der Waals surface area contributed by atoms with E-state index in [2.05, 4.69) is 22.0 Å². The van der Waals surface area contributed by atoms with E-state index in [0.717, 1.165) is 44.8 Å². The number of ether oxygens (including phenoxy) is 2. The van der Waals surface area contributed by atoms with E-state index < -0.39 is 6.23 Å². The fourth-order valence-electron chi connectivity index (χ4n) is 4.08. The van der Waals surface area contributed by atoms with Gasteiger partial charge in [-0.1, -0.05) is 28.1 Å². The molecule has 0 bridgehead atoms. The summed E-state index contributed by atoms with van der Waals surface area (Å²) in [6.45, 7) is 4.02. The normalized spacial score (nSPS) is 19.5. The predicted octanol–water partition coefficient (Wildman–Crippen LogP) is 6.62. The highest BCUT2D eigenvalue weighted by molar-refractivity contribution is 9.10. The Labute approximate surface area is 189 Å². The molecular formula is C25H22BrFN2O2. The van der Waals surface area contributed by atoms with Crippen LogP contribution >= 0.6 is 15.9 Å². The number of hydrogen-bond acceptors (Lipinski definition) is 4. The van der Waals surface area contributed by atoms with Gasteiger partial charge in [-0.3, -0.25) is 0 Å². The highest BCUT2D eigenvalue weighted by atomic mass is 79.9. The highest BCUT2D eigenvalue weighted by Gasteiger charge is 2.41. The number of benzene rings is 3. The van der Waals surface area contributed by atoms with E-state index >= 15 is 0 Å². The molecule has 5 rings (SSSR count). The lowest BCUT2D eigenvalue weighted by molar-refractivity contribution is -0.0191. The van der Waals surface area contributed by atoms with Gasteiger partial charge < -0.3 is 9.47 Å². The molecule has 31 heavy (non-hydrogen) atoms. The lowest BCUT2D eigenvalue weighted by Crippen LogP contribution is -2.33. The molecule has 6 heteroatoms. The third kappa shape index (κ3) is 3.92. The molecule has 0 saturated heterocycles. The second-order valence-corrected chi connectivity index (χ2v) is 8.96. The average molecular weight is 481 g/mol. The monoisotopic (exact) mass is 480 g/mol. The van der Waals surface area contributed by atoms with Crippen LogP contribution in [0.2, 0.25) is 0 Å². The first kappa shape index (κ1) is 20.1. The van der Waals surface area contributed by atoms with Crippen molar-refractivity contribution in [2.24, 2.45) is 5.10 Å². The van der Waals surface area contributed by atoms with Crippen molar-refractivity contribution in [1.82, 2.24) is 5.01 Å². The Balaban J connectivity index is 1.52. The van der Waals surface area contributed by atoms with Gasteiger partial charge in [-0.15, -0.1) is 0 Å². The molecule has 0 amide bonds. The van der Waals surface area contributed by atoms with Crippen LogP contribution in [0.1, 0.15) is 49.2 Å². The quantitative estimate of drug-likeness (QED) is 0.420. The van der Waals surface area contributed by atoms with Crippen LogP contribution in [-0.4, -0.2) is 16.8 Å². The zero-order valence-electron chi connectivity index (χ0n) is 17.3. The van der Waals surface area contributed by atoms with Crippen LogP contribution in [0.5, 0.6) is 11.5 Å². The molecule has 0 spiro atoms. The summed E-state index contributed by atoms with van der Waals surface area (Å²) in [5.41, 5.74) is 4.00. The molecule has 3 aromatic carbocycles. The summed E-state index contributed by atoms with van der Waals surface area (Å²) in [5.74, 6) is 1.41. The maximum Gasteiger partial charge on any atom is 0.213 e. The smallest absolute Gasteiger partial charge is 0.213 e. The molecule has 0 saturated carbocycles. The molecule has 0 N–H and O–H groups in total. The summed E-state index contributed by atoms with van der Waals surface area (Å²) >= 11 is 3.58. The van der Waals surface area contributed by atoms with Crippen molar-refractivity contribution in [3.63, 3.8) is 0 Å². The first-order chi connectivity index (χ1) is 15.0. The van der Waals surface area contributed by atoms with Crippen molar-refractivity contribution in [3.8, 4) is 11.5 Å². The largest absolute Gasteiger partial charge is 0.491 e. The number of hydrogen-bond donors (Lipinski definition) is 0. The van der Waals surface area contributed by atoms with Gasteiger partial charge in [0.2, 0.25) is 6.23 Å². The topological polar surface area (TPSA) is 34.1 Å². The summed E-state index contributed by atoms with van der Waals surface area (Å²) in [4.78, 5) is 0. The van der Waals surface area contributed by atoms with Crippen molar-refractivity contribution in [2.75, 3.05) is 0 Å². The van der Waals surface area contributed by atoms with Crippen molar-refractivity contribution in [1.29, 1.82) is 0 Å². The molecule has 2 aliphatic rings. The van der Waals surface area contributed by atoms with Crippen molar-refractivity contribution < 1.29 is 13.9 Å². The third-order valence-corrected chi connectivity index (χ3v) is 5.96. The number of hydrazone groups is 1. The molecule has 0 radical (unpaired) electrons. The second kappa shape index (κ2) is 8.00. The van der Waals surface area contributed by atoms with Crippen molar-refractivity contribution in [2.45, 2.75) is 38.6 Å². The molecule has 0 unspecified atom stereocenters. The van der Waals surface area contributed by atoms with Crippen LogP contribution in [0.25, 0.3) is 0 Å². The van der Waals surface area contributed by atoms with Gasteiger partial charge in [0, 0.05) is 22.0 Å². The van der Waals surface area contributed by atoms with Crippen molar-refractivity contribution >= 4 is 21.6 Å². The molecule has 2 aliphatic heterocycles. The Morgan fingerprint density at radius 1 is 1.06 bits per heavy atom. The van der Waals surface area contributed by atoms with Crippen LogP contribution in [0.15, 0.2) is 76.3 Å².